The van der Waals surface area contributed by atoms with Gasteiger partial charge in [0.15, 0.2) is 0 Å². The second-order valence-electron chi connectivity index (χ2n) is 4.24. The molecule has 0 spiro atoms. The molecular formula is C11H19N3. The van der Waals surface area contributed by atoms with Crippen LogP contribution in [0.25, 0.3) is 0 Å². The van der Waals surface area contributed by atoms with E-state index >= 15 is 0 Å². The molecule has 1 unspecified atom stereocenters. The van der Waals surface area contributed by atoms with Crippen LogP contribution in [0.3, 0.4) is 0 Å². The Hall–Kier alpha value is -0.830. The molecule has 0 amide bonds. The van der Waals surface area contributed by atoms with E-state index in [1.807, 2.05) is 12.5 Å². The van der Waals surface area contributed by atoms with Crippen LogP contribution in [0.4, 0.5) is 0 Å². The minimum atomic E-state index is 0.491. The van der Waals surface area contributed by atoms with Crippen molar-refractivity contribution in [1.29, 1.82) is 0 Å². The molecule has 0 saturated heterocycles. The molecule has 1 fully saturated rings. The summed E-state index contributed by atoms with van der Waals surface area (Å²) in [6, 6.07) is 0.491. The van der Waals surface area contributed by atoms with Crippen LogP contribution in [0.15, 0.2) is 12.5 Å². The summed E-state index contributed by atoms with van der Waals surface area (Å²) in [6.07, 6.45) is 9.36. The van der Waals surface area contributed by atoms with E-state index in [1.165, 1.54) is 31.4 Å². The Labute approximate surface area is 85.5 Å². The van der Waals surface area contributed by atoms with E-state index in [0.717, 1.165) is 5.92 Å². The molecule has 1 aliphatic rings. The molecule has 1 N–H and O–H groups in total. The summed E-state index contributed by atoms with van der Waals surface area (Å²) in [6.45, 7) is 0. The molecule has 0 bridgehead atoms. The summed E-state index contributed by atoms with van der Waals surface area (Å²) in [5, 5.41) is 3.43. The van der Waals surface area contributed by atoms with Gasteiger partial charge in [-0.1, -0.05) is 12.8 Å². The molecule has 1 aromatic rings. The largest absolute Gasteiger partial charge is 0.336 e. The first kappa shape index (κ1) is 9.71. The lowest BCUT2D eigenvalue weighted by atomic mass is 9.96. The summed E-state index contributed by atoms with van der Waals surface area (Å²) >= 11 is 0. The minimum Gasteiger partial charge on any atom is -0.336 e. The highest BCUT2D eigenvalue weighted by Gasteiger charge is 2.26. The Balaban J connectivity index is 2.16. The molecule has 78 valence electrons. The zero-order chi connectivity index (χ0) is 9.97. The van der Waals surface area contributed by atoms with E-state index in [1.54, 1.807) is 0 Å². The van der Waals surface area contributed by atoms with Crippen LogP contribution in [-0.2, 0) is 7.05 Å². The third-order valence-electron chi connectivity index (χ3n) is 3.35. The van der Waals surface area contributed by atoms with Gasteiger partial charge in [0.05, 0.1) is 18.1 Å². The number of imidazole rings is 1. The van der Waals surface area contributed by atoms with Crippen molar-refractivity contribution in [3.63, 3.8) is 0 Å². The highest BCUT2D eigenvalue weighted by molar-refractivity contribution is 5.07. The van der Waals surface area contributed by atoms with Crippen molar-refractivity contribution in [1.82, 2.24) is 14.9 Å². The topological polar surface area (TPSA) is 29.9 Å². The van der Waals surface area contributed by atoms with Crippen molar-refractivity contribution in [3.05, 3.63) is 18.2 Å². The fourth-order valence-corrected chi connectivity index (χ4v) is 2.58. The van der Waals surface area contributed by atoms with Crippen molar-refractivity contribution in [2.45, 2.75) is 31.7 Å². The van der Waals surface area contributed by atoms with Crippen LogP contribution in [0.2, 0.25) is 0 Å². The second kappa shape index (κ2) is 4.13. The van der Waals surface area contributed by atoms with Gasteiger partial charge < -0.3 is 9.88 Å². The van der Waals surface area contributed by atoms with Crippen molar-refractivity contribution in [3.8, 4) is 0 Å². The van der Waals surface area contributed by atoms with Gasteiger partial charge in [-0.15, -0.1) is 0 Å². The normalized spacial score (nSPS) is 20.1. The van der Waals surface area contributed by atoms with Gasteiger partial charge in [-0.3, -0.25) is 0 Å². The van der Waals surface area contributed by atoms with Crippen molar-refractivity contribution < 1.29 is 0 Å². The van der Waals surface area contributed by atoms with Gasteiger partial charge in [-0.05, 0) is 25.8 Å². The van der Waals surface area contributed by atoms with E-state index in [2.05, 4.69) is 29.0 Å². The molecule has 1 atom stereocenters. The predicted molar refractivity (Wildman–Crippen MR) is 57.0 cm³/mol. The highest BCUT2D eigenvalue weighted by atomic mass is 15.1. The maximum atomic E-state index is 4.18. The first-order valence-electron chi connectivity index (χ1n) is 5.46. The molecular weight excluding hydrogens is 174 g/mol. The average molecular weight is 193 g/mol. The Morgan fingerprint density at radius 3 is 2.71 bits per heavy atom. The summed E-state index contributed by atoms with van der Waals surface area (Å²) in [5.74, 6) is 0.801. The van der Waals surface area contributed by atoms with Gasteiger partial charge in [0.2, 0.25) is 0 Å². The number of rotatable bonds is 3. The van der Waals surface area contributed by atoms with Crippen LogP contribution in [0, 0.1) is 5.92 Å². The highest BCUT2D eigenvalue weighted by Crippen LogP contribution is 2.34. The Morgan fingerprint density at radius 1 is 1.50 bits per heavy atom. The van der Waals surface area contributed by atoms with Crippen molar-refractivity contribution in [2.75, 3.05) is 7.05 Å². The lowest BCUT2D eigenvalue weighted by molar-refractivity contribution is 0.375. The van der Waals surface area contributed by atoms with Crippen LogP contribution in [0.1, 0.15) is 37.4 Å². The van der Waals surface area contributed by atoms with Crippen LogP contribution < -0.4 is 5.32 Å². The fourth-order valence-electron chi connectivity index (χ4n) is 2.58. The Bertz CT molecular complexity index is 286. The van der Waals surface area contributed by atoms with Crippen LogP contribution >= 0.6 is 0 Å². The fraction of sp³-hybridized carbons (Fsp3) is 0.727. The maximum Gasteiger partial charge on any atom is 0.0946 e. The SMILES string of the molecule is CNC(c1cncn1C)C1CCCC1. The van der Waals surface area contributed by atoms with Gasteiger partial charge >= 0.3 is 0 Å². The summed E-state index contributed by atoms with van der Waals surface area (Å²) in [5.41, 5.74) is 1.32. The number of hydrogen-bond acceptors (Lipinski definition) is 2. The number of nitrogens with zero attached hydrogens (tertiary/aromatic N) is 2. The van der Waals surface area contributed by atoms with E-state index in [-0.39, 0.29) is 0 Å². The van der Waals surface area contributed by atoms with E-state index in [4.69, 9.17) is 0 Å². The molecule has 1 heterocycles. The van der Waals surface area contributed by atoms with Crippen molar-refractivity contribution in [2.24, 2.45) is 13.0 Å². The quantitative estimate of drug-likeness (QED) is 0.794. The third-order valence-corrected chi connectivity index (χ3v) is 3.35. The maximum absolute atomic E-state index is 4.18. The molecule has 0 aromatic carbocycles. The zero-order valence-electron chi connectivity index (χ0n) is 9.03. The molecule has 0 aliphatic heterocycles. The Kier molecular flexibility index (Phi) is 2.87. The molecule has 14 heavy (non-hydrogen) atoms. The lowest BCUT2D eigenvalue weighted by Gasteiger charge is -2.23. The first-order valence-corrected chi connectivity index (χ1v) is 5.46. The molecule has 1 aromatic heterocycles. The van der Waals surface area contributed by atoms with E-state index in [0.29, 0.717) is 6.04 Å². The van der Waals surface area contributed by atoms with Gasteiger partial charge in [-0.2, -0.15) is 0 Å². The first-order chi connectivity index (χ1) is 6.83. The van der Waals surface area contributed by atoms with E-state index in [9.17, 15) is 0 Å². The lowest BCUT2D eigenvalue weighted by Crippen LogP contribution is -2.25. The summed E-state index contributed by atoms with van der Waals surface area (Å²) in [7, 11) is 4.12. The van der Waals surface area contributed by atoms with E-state index < -0.39 is 0 Å². The summed E-state index contributed by atoms with van der Waals surface area (Å²) in [4.78, 5) is 4.18. The number of aromatic nitrogens is 2. The second-order valence-corrected chi connectivity index (χ2v) is 4.24. The number of hydrogen-bond donors (Lipinski definition) is 1. The van der Waals surface area contributed by atoms with Gasteiger partial charge in [0.1, 0.15) is 0 Å². The molecule has 1 saturated carbocycles. The van der Waals surface area contributed by atoms with Crippen molar-refractivity contribution >= 4 is 0 Å². The van der Waals surface area contributed by atoms with Crippen LogP contribution in [0.5, 0.6) is 0 Å². The smallest absolute Gasteiger partial charge is 0.0946 e. The summed E-state index contributed by atoms with van der Waals surface area (Å²) < 4.78 is 2.12. The molecule has 3 nitrogen and oxygen atoms in total. The number of aryl methyl sites for hydroxylation is 1. The van der Waals surface area contributed by atoms with Gasteiger partial charge in [-0.25, -0.2) is 4.98 Å². The number of nitrogens with one attached hydrogen (secondary N) is 1. The third kappa shape index (κ3) is 1.69. The molecule has 2 rings (SSSR count). The van der Waals surface area contributed by atoms with Crippen LogP contribution in [-0.4, -0.2) is 16.6 Å². The molecule has 0 radical (unpaired) electrons. The Morgan fingerprint density at radius 2 is 2.21 bits per heavy atom. The zero-order valence-corrected chi connectivity index (χ0v) is 9.03. The molecule has 1 aliphatic carbocycles. The minimum absolute atomic E-state index is 0.491. The molecule has 3 heteroatoms. The monoisotopic (exact) mass is 193 g/mol. The predicted octanol–water partition coefficient (Wildman–Crippen LogP) is 1.87. The standard InChI is InChI=1S/C11H19N3/c1-12-11(9-5-3-4-6-9)10-7-13-8-14(10)2/h7-9,11-12H,3-6H2,1-2H3. The van der Waals surface area contributed by atoms with Gasteiger partial charge in [0, 0.05) is 13.2 Å². The van der Waals surface area contributed by atoms with Gasteiger partial charge in [0.25, 0.3) is 0 Å². The average Bonchev–Trinajstić information content (AvgIpc) is 2.80.